The van der Waals surface area contributed by atoms with Crippen molar-refractivity contribution in [1.29, 1.82) is 0 Å². The van der Waals surface area contributed by atoms with Crippen molar-refractivity contribution in [3.8, 4) is 10.6 Å². The third kappa shape index (κ3) is 2.37. The Labute approximate surface area is 109 Å². The van der Waals surface area contributed by atoms with Gasteiger partial charge in [0.15, 0.2) is 5.69 Å². The van der Waals surface area contributed by atoms with E-state index in [1.54, 1.807) is 19.1 Å². The zero-order valence-electron chi connectivity index (χ0n) is 8.70. The van der Waals surface area contributed by atoms with Gasteiger partial charge in [-0.05, 0) is 25.1 Å². The van der Waals surface area contributed by atoms with Crippen LogP contribution in [0.4, 0.5) is 4.39 Å². The van der Waals surface area contributed by atoms with Gasteiger partial charge in [-0.25, -0.2) is 14.2 Å². The molecule has 0 bridgehead atoms. The monoisotopic (exact) mass is 315 g/mol. The number of aromatic carboxylic acids is 1. The Bertz CT molecular complexity index is 597. The molecular formula is C11H7BrFNO2S. The van der Waals surface area contributed by atoms with Crippen LogP contribution in [0.1, 0.15) is 15.4 Å². The van der Waals surface area contributed by atoms with Gasteiger partial charge in [-0.1, -0.05) is 15.9 Å². The molecule has 6 heteroatoms. The SMILES string of the molecule is Cc1sc(-c2cc(Br)ccc2F)nc1C(=O)O. The molecule has 0 unspecified atom stereocenters. The van der Waals surface area contributed by atoms with Crippen molar-refractivity contribution in [2.45, 2.75) is 6.92 Å². The molecule has 3 nitrogen and oxygen atoms in total. The van der Waals surface area contributed by atoms with E-state index >= 15 is 0 Å². The maximum atomic E-state index is 13.6. The summed E-state index contributed by atoms with van der Waals surface area (Å²) in [5.41, 5.74) is 0.282. The highest BCUT2D eigenvalue weighted by molar-refractivity contribution is 9.10. The van der Waals surface area contributed by atoms with Crippen LogP contribution in [0.3, 0.4) is 0 Å². The van der Waals surface area contributed by atoms with E-state index in [1.807, 2.05) is 0 Å². The maximum absolute atomic E-state index is 13.6. The maximum Gasteiger partial charge on any atom is 0.355 e. The standard InChI is InChI=1S/C11H7BrFNO2S/c1-5-9(11(15)16)14-10(17-5)7-4-6(12)2-3-8(7)13/h2-4H,1H3,(H,15,16). The molecule has 0 spiro atoms. The minimum atomic E-state index is -1.10. The number of halogens is 2. The number of hydrogen-bond donors (Lipinski definition) is 1. The topological polar surface area (TPSA) is 50.2 Å². The van der Waals surface area contributed by atoms with E-state index in [-0.39, 0.29) is 5.69 Å². The highest BCUT2D eigenvalue weighted by atomic mass is 79.9. The summed E-state index contributed by atoms with van der Waals surface area (Å²) in [7, 11) is 0. The van der Waals surface area contributed by atoms with Crippen molar-refractivity contribution < 1.29 is 14.3 Å². The minimum absolute atomic E-state index is 0.0237. The van der Waals surface area contributed by atoms with Crippen LogP contribution in [0.5, 0.6) is 0 Å². The molecular weight excluding hydrogens is 309 g/mol. The lowest BCUT2D eigenvalue weighted by Crippen LogP contribution is -1.98. The second-order valence-electron chi connectivity index (χ2n) is 3.35. The Hall–Kier alpha value is -1.27. The fourth-order valence-electron chi connectivity index (χ4n) is 1.37. The molecule has 0 radical (unpaired) electrons. The van der Waals surface area contributed by atoms with Crippen molar-refractivity contribution in [3.63, 3.8) is 0 Å². The lowest BCUT2D eigenvalue weighted by atomic mass is 10.2. The lowest BCUT2D eigenvalue weighted by molar-refractivity contribution is 0.0690. The van der Waals surface area contributed by atoms with Gasteiger partial charge >= 0.3 is 5.97 Å². The van der Waals surface area contributed by atoms with Crippen LogP contribution < -0.4 is 0 Å². The van der Waals surface area contributed by atoms with E-state index in [0.29, 0.717) is 15.4 Å². The van der Waals surface area contributed by atoms with Crippen molar-refractivity contribution in [2.75, 3.05) is 0 Å². The Morgan fingerprint density at radius 3 is 2.82 bits per heavy atom. The summed E-state index contributed by atoms with van der Waals surface area (Å²) in [6.45, 7) is 1.65. The molecule has 0 aliphatic rings. The summed E-state index contributed by atoms with van der Waals surface area (Å²) >= 11 is 4.41. The third-order valence-corrected chi connectivity index (χ3v) is 3.66. The molecule has 0 amide bonds. The van der Waals surface area contributed by atoms with Crippen molar-refractivity contribution >= 4 is 33.2 Å². The number of carbonyl (C=O) groups is 1. The smallest absolute Gasteiger partial charge is 0.355 e. The van der Waals surface area contributed by atoms with Crippen LogP contribution in [0.2, 0.25) is 0 Å². The van der Waals surface area contributed by atoms with E-state index in [0.717, 1.165) is 4.47 Å². The second kappa shape index (κ2) is 4.54. The van der Waals surface area contributed by atoms with E-state index in [1.165, 1.54) is 17.4 Å². The van der Waals surface area contributed by atoms with Gasteiger partial charge in [-0.15, -0.1) is 11.3 Å². The first kappa shape index (κ1) is 12.2. The van der Waals surface area contributed by atoms with E-state index in [2.05, 4.69) is 20.9 Å². The van der Waals surface area contributed by atoms with Crippen molar-refractivity contribution in [1.82, 2.24) is 4.98 Å². The number of aryl methyl sites for hydroxylation is 1. The molecule has 0 atom stereocenters. The zero-order chi connectivity index (χ0) is 12.6. The fourth-order valence-corrected chi connectivity index (χ4v) is 2.66. The molecule has 17 heavy (non-hydrogen) atoms. The van der Waals surface area contributed by atoms with Gasteiger partial charge in [0.2, 0.25) is 0 Å². The summed E-state index contributed by atoms with van der Waals surface area (Å²) < 4.78 is 14.3. The Kier molecular flexibility index (Phi) is 3.26. The molecule has 1 heterocycles. The molecule has 2 rings (SSSR count). The van der Waals surface area contributed by atoms with Gasteiger partial charge < -0.3 is 5.11 Å². The van der Waals surface area contributed by atoms with Gasteiger partial charge in [0.1, 0.15) is 10.8 Å². The number of nitrogens with zero attached hydrogens (tertiary/aromatic N) is 1. The van der Waals surface area contributed by atoms with Crippen LogP contribution in [-0.4, -0.2) is 16.1 Å². The number of benzene rings is 1. The lowest BCUT2D eigenvalue weighted by Gasteiger charge is -1.99. The number of aromatic nitrogens is 1. The van der Waals surface area contributed by atoms with Gasteiger partial charge in [-0.3, -0.25) is 0 Å². The Morgan fingerprint density at radius 1 is 1.53 bits per heavy atom. The average Bonchev–Trinajstić information content (AvgIpc) is 2.64. The highest BCUT2D eigenvalue weighted by Crippen LogP contribution is 2.31. The highest BCUT2D eigenvalue weighted by Gasteiger charge is 2.17. The first-order valence-corrected chi connectivity index (χ1v) is 6.26. The van der Waals surface area contributed by atoms with Crippen LogP contribution in [0.15, 0.2) is 22.7 Å². The quantitative estimate of drug-likeness (QED) is 0.919. The molecule has 2 aromatic rings. The van der Waals surface area contributed by atoms with Gasteiger partial charge in [0.25, 0.3) is 0 Å². The molecule has 0 aliphatic heterocycles. The van der Waals surface area contributed by atoms with E-state index in [9.17, 15) is 9.18 Å². The van der Waals surface area contributed by atoms with Crippen LogP contribution >= 0.6 is 27.3 Å². The summed E-state index contributed by atoms with van der Waals surface area (Å²) in [6.07, 6.45) is 0. The number of hydrogen-bond acceptors (Lipinski definition) is 3. The van der Waals surface area contributed by atoms with Crippen LogP contribution in [-0.2, 0) is 0 Å². The van der Waals surface area contributed by atoms with E-state index in [4.69, 9.17) is 5.11 Å². The van der Waals surface area contributed by atoms with Gasteiger partial charge in [0, 0.05) is 14.9 Å². The zero-order valence-corrected chi connectivity index (χ0v) is 11.1. The van der Waals surface area contributed by atoms with E-state index < -0.39 is 11.8 Å². The fraction of sp³-hybridized carbons (Fsp3) is 0.0909. The molecule has 88 valence electrons. The molecule has 0 fully saturated rings. The Balaban J connectivity index is 2.57. The van der Waals surface area contributed by atoms with Crippen LogP contribution in [0.25, 0.3) is 10.6 Å². The average molecular weight is 316 g/mol. The number of thiazole rings is 1. The molecule has 0 saturated heterocycles. The molecule has 0 aliphatic carbocycles. The minimum Gasteiger partial charge on any atom is -0.476 e. The first-order valence-electron chi connectivity index (χ1n) is 4.65. The normalized spacial score (nSPS) is 10.5. The predicted octanol–water partition coefficient (Wildman–Crippen LogP) is 3.72. The summed E-state index contributed by atoms with van der Waals surface area (Å²) in [5, 5.41) is 9.26. The van der Waals surface area contributed by atoms with Crippen molar-refractivity contribution in [3.05, 3.63) is 39.1 Å². The third-order valence-electron chi connectivity index (χ3n) is 2.16. The largest absolute Gasteiger partial charge is 0.476 e. The summed E-state index contributed by atoms with van der Waals surface area (Å²) in [4.78, 5) is 15.4. The van der Waals surface area contributed by atoms with Gasteiger partial charge in [0.05, 0.1) is 0 Å². The summed E-state index contributed by atoms with van der Waals surface area (Å²) in [5.74, 6) is -1.51. The molecule has 0 saturated carbocycles. The van der Waals surface area contributed by atoms with Crippen molar-refractivity contribution in [2.24, 2.45) is 0 Å². The summed E-state index contributed by atoms with van der Waals surface area (Å²) in [6, 6.07) is 4.48. The Morgan fingerprint density at radius 2 is 2.24 bits per heavy atom. The number of carboxylic acid groups (broad SMARTS) is 1. The predicted molar refractivity (Wildman–Crippen MR) is 66.9 cm³/mol. The first-order chi connectivity index (χ1) is 7.99. The van der Waals surface area contributed by atoms with Crippen LogP contribution in [0, 0.1) is 12.7 Å². The molecule has 1 N–H and O–H groups in total. The van der Waals surface area contributed by atoms with Gasteiger partial charge in [-0.2, -0.15) is 0 Å². The molecule has 1 aromatic heterocycles. The number of rotatable bonds is 2. The second-order valence-corrected chi connectivity index (χ2v) is 5.47. The number of carboxylic acids is 1. The molecule has 1 aromatic carbocycles.